The second-order valence-electron chi connectivity index (χ2n) is 4.38. The summed E-state index contributed by atoms with van der Waals surface area (Å²) in [6, 6.07) is 6.96. The van der Waals surface area contributed by atoms with Crippen molar-refractivity contribution in [2.45, 2.75) is 25.7 Å². The van der Waals surface area contributed by atoms with E-state index >= 15 is 0 Å². The summed E-state index contributed by atoms with van der Waals surface area (Å²) in [4.78, 5) is 0. The van der Waals surface area contributed by atoms with Crippen LogP contribution in [0.2, 0.25) is 0 Å². The van der Waals surface area contributed by atoms with Gasteiger partial charge in [-0.25, -0.2) is 4.39 Å². The smallest absolute Gasteiger partial charge is 0.123 e. The van der Waals surface area contributed by atoms with Crippen LogP contribution in [0.15, 0.2) is 24.3 Å². The van der Waals surface area contributed by atoms with Crippen molar-refractivity contribution in [3.8, 4) is 0 Å². The van der Waals surface area contributed by atoms with Crippen LogP contribution in [0.25, 0.3) is 0 Å². The van der Waals surface area contributed by atoms with Crippen molar-refractivity contribution >= 4 is 0 Å². The summed E-state index contributed by atoms with van der Waals surface area (Å²) < 4.78 is 12.9. The number of piperidine rings is 1. The van der Waals surface area contributed by atoms with E-state index in [2.05, 4.69) is 5.32 Å². The van der Waals surface area contributed by atoms with Crippen LogP contribution < -0.4 is 5.32 Å². The van der Waals surface area contributed by atoms with E-state index in [1.54, 1.807) is 12.1 Å². The van der Waals surface area contributed by atoms with Crippen molar-refractivity contribution in [1.29, 1.82) is 0 Å². The third-order valence-corrected chi connectivity index (χ3v) is 3.13. The zero-order valence-electron chi connectivity index (χ0n) is 9.01. The molecule has 1 saturated heterocycles. The summed E-state index contributed by atoms with van der Waals surface area (Å²) in [6.07, 6.45) is 4.79. The Kier molecular flexibility index (Phi) is 3.73. The Morgan fingerprint density at radius 1 is 1.40 bits per heavy atom. The third kappa shape index (κ3) is 3.31. The molecule has 0 spiro atoms. The first-order chi connectivity index (χ1) is 7.34. The van der Waals surface area contributed by atoms with Gasteiger partial charge in [0.1, 0.15) is 5.82 Å². The van der Waals surface area contributed by atoms with Crippen molar-refractivity contribution in [1.82, 2.24) is 5.32 Å². The highest BCUT2D eigenvalue weighted by atomic mass is 19.1. The lowest BCUT2D eigenvalue weighted by atomic mass is 9.93. The van der Waals surface area contributed by atoms with E-state index in [4.69, 9.17) is 0 Å². The fraction of sp³-hybridized carbons (Fsp3) is 0.538. The number of halogens is 1. The molecule has 1 aromatic rings. The fourth-order valence-electron chi connectivity index (χ4n) is 2.23. The third-order valence-electron chi connectivity index (χ3n) is 3.13. The Morgan fingerprint density at radius 2 is 2.33 bits per heavy atom. The molecule has 1 heterocycles. The molecule has 0 aromatic heterocycles. The van der Waals surface area contributed by atoms with Gasteiger partial charge in [0.2, 0.25) is 0 Å². The van der Waals surface area contributed by atoms with Gasteiger partial charge in [-0.1, -0.05) is 12.1 Å². The molecule has 0 bridgehead atoms. The summed E-state index contributed by atoms with van der Waals surface area (Å²) in [5.41, 5.74) is 1.13. The van der Waals surface area contributed by atoms with E-state index in [9.17, 15) is 4.39 Å². The molecule has 82 valence electrons. The molecule has 1 aromatic carbocycles. The van der Waals surface area contributed by atoms with Gasteiger partial charge < -0.3 is 5.32 Å². The van der Waals surface area contributed by atoms with Crippen molar-refractivity contribution in [3.05, 3.63) is 35.6 Å². The van der Waals surface area contributed by atoms with Gasteiger partial charge in [-0.2, -0.15) is 0 Å². The van der Waals surface area contributed by atoms with E-state index in [1.165, 1.54) is 25.3 Å². The molecule has 0 aliphatic carbocycles. The first kappa shape index (κ1) is 10.6. The average Bonchev–Trinajstić information content (AvgIpc) is 2.28. The van der Waals surface area contributed by atoms with Crippen LogP contribution in [0, 0.1) is 11.7 Å². The predicted molar refractivity (Wildman–Crippen MR) is 60.3 cm³/mol. The fourth-order valence-corrected chi connectivity index (χ4v) is 2.23. The van der Waals surface area contributed by atoms with Gasteiger partial charge in [0.25, 0.3) is 0 Å². The maximum absolute atomic E-state index is 12.9. The lowest BCUT2D eigenvalue weighted by Crippen LogP contribution is -2.29. The van der Waals surface area contributed by atoms with Gasteiger partial charge in [-0.15, -0.1) is 0 Å². The number of rotatable bonds is 3. The van der Waals surface area contributed by atoms with Crippen LogP contribution in [0.4, 0.5) is 4.39 Å². The second-order valence-corrected chi connectivity index (χ2v) is 4.38. The highest BCUT2D eigenvalue weighted by Crippen LogP contribution is 2.17. The van der Waals surface area contributed by atoms with Crippen LogP contribution in [-0.2, 0) is 6.42 Å². The van der Waals surface area contributed by atoms with Crippen molar-refractivity contribution < 1.29 is 4.39 Å². The van der Waals surface area contributed by atoms with Gasteiger partial charge in [-0.3, -0.25) is 0 Å². The number of hydrogen-bond donors (Lipinski definition) is 1. The Labute approximate surface area is 90.7 Å². The molecule has 0 amide bonds. The Bertz CT molecular complexity index is 305. The van der Waals surface area contributed by atoms with Gasteiger partial charge in [0, 0.05) is 0 Å². The summed E-state index contributed by atoms with van der Waals surface area (Å²) in [6.45, 7) is 2.30. The average molecular weight is 207 g/mol. The highest BCUT2D eigenvalue weighted by Gasteiger charge is 2.12. The quantitative estimate of drug-likeness (QED) is 0.803. The molecule has 1 fully saturated rings. The first-order valence-corrected chi connectivity index (χ1v) is 5.80. The van der Waals surface area contributed by atoms with E-state index < -0.39 is 0 Å². The molecule has 0 radical (unpaired) electrons. The SMILES string of the molecule is Fc1cccc(CCC2CCCNC2)c1. The van der Waals surface area contributed by atoms with Crippen LogP contribution in [0.1, 0.15) is 24.8 Å². The van der Waals surface area contributed by atoms with E-state index in [1.807, 2.05) is 6.07 Å². The van der Waals surface area contributed by atoms with E-state index in [-0.39, 0.29) is 5.82 Å². The number of hydrogen-bond acceptors (Lipinski definition) is 1. The summed E-state index contributed by atoms with van der Waals surface area (Å²) >= 11 is 0. The van der Waals surface area contributed by atoms with Gasteiger partial charge >= 0.3 is 0 Å². The van der Waals surface area contributed by atoms with Gasteiger partial charge in [0.15, 0.2) is 0 Å². The number of benzene rings is 1. The summed E-state index contributed by atoms with van der Waals surface area (Å²) in [5.74, 6) is 0.663. The number of aryl methyl sites for hydroxylation is 1. The highest BCUT2D eigenvalue weighted by molar-refractivity contribution is 5.16. The zero-order chi connectivity index (χ0) is 10.5. The largest absolute Gasteiger partial charge is 0.316 e. The Hall–Kier alpha value is -0.890. The molecular weight excluding hydrogens is 189 g/mol. The molecule has 2 heteroatoms. The van der Waals surface area contributed by atoms with Crippen molar-refractivity contribution in [2.75, 3.05) is 13.1 Å². The summed E-state index contributed by atoms with van der Waals surface area (Å²) in [7, 11) is 0. The minimum atomic E-state index is -0.116. The molecule has 1 aliphatic heterocycles. The lowest BCUT2D eigenvalue weighted by Gasteiger charge is -2.22. The molecule has 1 aliphatic rings. The zero-order valence-corrected chi connectivity index (χ0v) is 9.01. The molecule has 15 heavy (non-hydrogen) atoms. The van der Waals surface area contributed by atoms with Crippen LogP contribution in [0.5, 0.6) is 0 Å². The van der Waals surface area contributed by atoms with E-state index in [0.717, 1.165) is 31.0 Å². The minimum absolute atomic E-state index is 0.116. The predicted octanol–water partition coefficient (Wildman–Crippen LogP) is 2.76. The number of nitrogens with one attached hydrogen (secondary N) is 1. The lowest BCUT2D eigenvalue weighted by molar-refractivity contribution is 0.358. The van der Waals surface area contributed by atoms with Crippen LogP contribution in [-0.4, -0.2) is 13.1 Å². The summed E-state index contributed by atoms with van der Waals surface area (Å²) in [5, 5.41) is 3.41. The molecular formula is C13H18FN. The Morgan fingerprint density at radius 3 is 3.07 bits per heavy atom. The van der Waals surface area contributed by atoms with Gasteiger partial charge in [0.05, 0.1) is 0 Å². The second kappa shape index (κ2) is 5.26. The monoisotopic (exact) mass is 207 g/mol. The first-order valence-electron chi connectivity index (χ1n) is 5.80. The molecule has 1 nitrogen and oxygen atoms in total. The normalized spacial score (nSPS) is 21.5. The van der Waals surface area contributed by atoms with Crippen molar-refractivity contribution in [2.24, 2.45) is 5.92 Å². The maximum atomic E-state index is 12.9. The van der Waals surface area contributed by atoms with Gasteiger partial charge in [-0.05, 0) is 62.4 Å². The van der Waals surface area contributed by atoms with Crippen LogP contribution in [0.3, 0.4) is 0 Å². The van der Waals surface area contributed by atoms with Crippen LogP contribution >= 0.6 is 0 Å². The Balaban J connectivity index is 1.81. The minimum Gasteiger partial charge on any atom is -0.316 e. The van der Waals surface area contributed by atoms with Crippen molar-refractivity contribution in [3.63, 3.8) is 0 Å². The molecule has 2 rings (SSSR count). The molecule has 0 saturated carbocycles. The maximum Gasteiger partial charge on any atom is 0.123 e. The topological polar surface area (TPSA) is 12.0 Å². The molecule has 1 unspecified atom stereocenters. The molecule has 1 atom stereocenters. The molecule has 1 N–H and O–H groups in total. The van der Waals surface area contributed by atoms with E-state index in [0.29, 0.717) is 0 Å². The standard InChI is InChI=1S/C13H18FN/c14-13-5-1-3-11(9-13)6-7-12-4-2-8-15-10-12/h1,3,5,9,12,15H,2,4,6-8,10H2.